The number of aromatic nitrogens is 1. The van der Waals surface area contributed by atoms with Crippen molar-refractivity contribution in [1.82, 2.24) is 4.98 Å². The summed E-state index contributed by atoms with van der Waals surface area (Å²) in [5, 5.41) is 0. The summed E-state index contributed by atoms with van der Waals surface area (Å²) in [6.07, 6.45) is 0. The standard InChI is InChI=1S/C16H14FNO5/c1-9(19)13-2-3-14(18-13)16(20)22-7-11-5-12(17)4-10-6-21-8-23-15(10)11/h2-5,18H,6-8H2,1H3. The molecule has 6 nitrogen and oxygen atoms in total. The number of rotatable bonds is 4. The zero-order chi connectivity index (χ0) is 16.4. The van der Waals surface area contributed by atoms with Crippen molar-refractivity contribution in [3.8, 4) is 5.75 Å². The number of halogens is 1. The van der Waals surface area contributed by atoms with Gasteiger partial charge >= 0.3 is 5.97 Å². The van der Waals surface area contributed by atoms with Crippen LogP contribution in [-0.4, -0.2) is 23.5 Å². The van der Waals surface area contributed by atoms with Gasteiger partial charge in [0.1, 0.15) is 23.9 Å². The first-order chi connectivity index (χ1) is 11.0. The highest BCUT2D eigenvalue weighted by Gasteiger charge is 2.19. The van der Waals surface area contributed by atoms with Crippen LogP contribution in [0.2, 0.25) is 0 Å². The van der Waals surface area contributed by atoms with E-state index in [0.29, 0.717) is 22.6 Å². The first kappa shape index (κ1) is 15.2. The Morgan fingerprint density at radius 3 is 2.83 bits per heavy atom. The number of hydrogen-bond acceptors (Lipinski definition) is 5. The number of benzene rings is 1. The highest BCUT2D eigenvalue weighted by Crippen LogP contribution is 2.30. The van der Waals surface area contributed by atoms with E-state index in [0.717, 1.165) is 0 Å². The number of ether oxygens (including phenoxy) is 3. The van der Waals surface area contributed by atoms with E-state index < -0.39 is 11.8 Å². The molecule has 0 amide bonds. The number of H-pyrrole nitrogens is 1. The SMILES string of the molecule is CC(=O)c1ccc(C(=O)OCc2cc(F)cc3c2OCOC3)[nH]1. The van der Waals surface area contributed by atoms with Gasteiger partial charge in [-0.1, -0.05) is 0 Å². The van der Waals surface area contributed by atoms with E-state index in [2.05, 4.69) is 4.98 Å². The molecule has 0 unspecified atom stereocenters. The Morgan fingerprint density at radius 2 is 2.09 bits per heavy atom. The van der Waals surface area contributed by atoms with Gasteiger partial charge in [0.05, 0.1) is 12.3 Å². The Hall–Kier alpha value is -2.67. The Morgan fingerprint density at radius 1 is 1.30 bits per heavy atom. The topological polar surface area (TPSA) is 77.6 Å². The number of fused-ring (bicyclic) bond motifs is 1. The second-order valence-corrected chi connectivity index (χ2v) is 5.08. The van der Waals surface area contributed by atoms with Gasteiger partial charge in [0.15, 0.2) is 12.6 Å². The maximum atomic E-state index is 13.6. The molecule has 0 bridgehead atoms. The molecule has 2 heterocycles. The number of carbonyl (C=O) groups is 2. The molecular formula is C16H14FNO5. The molecule has 0 saturated carbocycles. The number of nitrogens with one attached hydrogen (secondary N) is 1. The summed E-state index contributed by atoms with van der Waals surface area (Å²) < 4.78 is 29.2. The van der Waals surface area contributed by atoms with Crippen LogP contribution in [0.5, 0.6) is 5.75 Å². The van der Waals surface area contributed by atoms with Crippen molar-refractivity contribution in [1.29, 1.82) is 0 Å². The summed E-state index contributed by atoms with van der Waals surface area (Å²) in [5.41, 5.74) is 1.47. The van der Waals surface area contributed by atoms with Crippen molar-refractivity contribution in [2.24, 2.45) is 0 Å². The normalized spacial score (nSPS) is 13.1. The highest BCUT2D eigenvalue weighted by atomic mass is 19.1. The third kappa shape index (κ3) is 3.24. The smallest absolute Gasteiger partial charge is 0.355 e. The summed E-state index contributed by atoms with van der Waals surface area (Å²) in [6, 6.07) is 5.55. The average molecular weight is 319 g/mol. The maximum Gasteiger partial charge on any atom is 0.355 e. The molecule has 0 aliphatic carbocycles. The number of carbonyl (C=O) groups excluding carboxylic acids is 2. The molecule has 0 atom stereocenters. The van der Waals surface area contributed by atoms with Crippen molar-refractivity contribution in [2.45, 2.75) is 20.1 Å². The first-order valence-electron chi connectivity index (χ1n) is 6.93. The van der Waals surface area contributed by atoms with Crippen LogP contribution in [0.4, 0.5) is 4.39 Å². The summed E-state index contributed by atoms with van der Waals surface area (Å²) in [5.74, 6) is -0.803. The van der Waals surface area contributed by atoms with Crippen LogP contribution in [0, 0.1) is 5.82 Å². The fourth-order valence-corrected chi connectivity index (χ4v) is 2.30. The molecule has 0 spiro atoms. The van der Waals surface area contributed by atoms with E-state index in [-0.39, 0.29) is 31.5 Å². The molecule has 3 rings (SSSR count). The van der Waals surface area contributed by atoms with Gasteiger partial charge in [0.25, 0.3) is 0 Å². The average Bonchev–Trinajstić information content (AvgIpc) is 3.02. The van der Waals surface area contributed by atoms with Gasteiger partial charge in [-0.25, -0.2) is 9.18 Å². The van der Waals surface area contributed by atoms with E-state index in [9.17, 15) is 14.0 Å². The molecule has 0 radical (unpaired) electrons. The Bertz CT molecular complexity index is 768. The summed E-state index contributed by atoms with van der Waals surface area (Å²) >= 11 is 0. The molecule has 0 saturated heterocycles. The lowest BCUT2D eigenvalue weighted by atomic mass is 10.1. The van der Waals surface area contributed by atoms with Crippen molar-refractivity contribution in [3.05, 3.63) is 52.6 Å². The van der Waals surface area contributed by atoms with Crippen LogP contribution in [0.3, 0.4) is 0 Å². The lowest BCUT2D eigenvalue weighted by Gasteiger charge is -2.20. The molecule has 1 aromatic heterocycles. The second-order valence-electron chi connectivity index (χ2n) is 5.08. The first-order valence-corrected chi connectivity index (χ1v) is 6.93. The predicted octanol–water partition coefficient (Wildman–Crippen LogP) is 2.58. The van der Waals surface area contributed by atoms with Crippen molar-refractivity contribution in [2.75, 3.05) is 6.79 Å². The zero-order valence-electron chi connectivity index (χ0n) is 12.3. The third-order valence-electron chi connectivity index (χ3n) is 3.40. The lowest BCUT2D eigenvalue weighted by Crippen LogP contribution is -2.15. The molecule has 1 aromatic carbocycles. The summed E-state index contributed by atoms with van der Waals surface area (Å²) in [7, 11) is 0. The lowest BCUT2D eigenvalue weighted by molar-refractivity contribution is -0.0183. The molecule has 1 aliphatic heterocycles. The van der Waals surface area contributed by atoms with Crippen LogP contribution >= 0.6 is 0 Å². The molecule has 23 heavy (non-hydrogen) atoms. The number of esters is 1. The van der Waals surface area contributed by atoms with Crippen LogP contribution in [-0.2, 0) is 22.7 Å². The van der Waals surface area contributed by atoms with Crippen LogP contribution in [0.1, 0.15) is 39.0 Å². The molecule has 120 valence electrons. The van der Waals surface area contributed by atoms with Gasteiger partial charge < -0.3 is 19.2 Å². The van der Waals surface area contributed by atoms with E-state index in [1.807, 2.05) is 0 Å². The van der Waals surface area contributed by atoms with Crippen LogP contribution < -0.4 is 4.74 Å². The summed E-state index contributed by atoms with van der Waals surface area (Å²) in [6.45, 7) is 1.55. The fourth-order valence-electron chi connectivity index (χ4n) is 2.30. The minimum absolute atomic E-state index is 0.0676. The largest absolute Gasteiger partial charge is 0.467 e. The van der Waals surface area contributed by atoms with E-state index in [1.165, 1.54) is 31.2 Å². The molecule has 0 fully saturated rings. The highest BCUT2D eigenvalue weighted by molar-refractivity contribution is 5.95. The van der Waals surface area contributed by atoms with Crippen LogP contribution in [0.25, 0.3) is 0 Å². The van der Waals surface area contributed by atoms with Crippen molar-refractivity contribution >= 4 is 11.8 Å². The Balaban J connectivity index is 1.74. The Kier molecular flexibility index (Phi) is 4.12. The summed E-state index contributed by atoms with van der Waals surface area (Å²) in [4.78, 5) is 25.9. The number of ketones is 1. The Labute approximate surface area is 131 Å². The number of aromatic amines is 1. The third-order valence-corrected chi connectivity index (χ3v) is 3.40. The van der Waals surface area contributed by atoms with Gasteiger partial charge in [-0.2, -0.15) is 0 Å². The number of Topliss-reactive ketones (excluding diaryl/α,β-unsaturated/α-hetero) is 1. The van der Waals surface area contributed by atoms with Gasteiger partial charge in [0, 0.05) is 18.1 Å². The van der Waals surface area contributed by atoms with E-state index in [4.69, 9.17) is 14.2 Å². The quantitative estimate of drug-likeness (QED) is 0.692. The molecule has 1 N–H and O–H groups in total. The zero-order valence-corrected chi connectivity index (χ0v) is 12.3. The van der Waals surface area contributed by atoms with Gasteiger partial charge in [-0.3, -0.25) is 4.79 Å². The minimum Gasteiger partial charge on any atom is -0.467 e. The number of hydrogen-bond donors (Lipinski definition) is 1. The van der Waals surface area contributed by atoms with Gasteiger partial charge in [-0.05, 0) is 24.3 Å². The molecular weight excluding hydrogens is 305 g/mol. The molecule has 7 heteroatoms. The van der Waals surface area contributed by atoms with Crippen LogP contribution in [0.15, 0.2) is 24.3 Å². The minimum atomic E-state index is -0.637. The van der Waals surface area contributed by atoms with E-state index >= 15 is 0 Å². The maximum absolute atomic E-state index is 13.6. The van der Waals surface area contributed by atoms with E-state index in [1.54, 1.807) is 0 Å². The second kappa shape index (κ2) is 6.21. The fraction of sp³-hybridized carbons (Fsp3) is 0.250. The predicted molar refractivity (Wildman–Crippen MR) is 76.6 cm³/mol. The van der Waals surface area contributed by atoms with Gasteiger partial charge in [-0.15, -0.1) is 0 Å². The van der Waals surface area contributed by atoms with Crippen molar-refractivity contribution in [3.63, 3.8) is 0 Å². The monoisotopic (exact) mass is 319 g/mol. The molecule has 2 aromatic rings. The van der Waals surface area contributed by atoms with Gasteiger partial charge in [0.2, 0.25) is 0 Å². The van der Waals surface area contributed by atoms with Crippen molar-refractivity contribution < 1.29 is 28.2 Å². The molecule has 1 aliphatic rings.